The number of ether oxygens (including phenoxy) is 1. The van der Waals surface area contributed by atoms with Crippen molar-refractivity contribution in [2.45, 2.75) is 0 Å². The first kappa shape index (κ1) is 15.3. The Balaban J connectivity index is 2.27. The van der Waals surface area contributed by atoms with Crippen molar-refractivity contribution in [3.63, 3.8) is 0 Å². The van der Waals surface area contributed by atoms with Crippen molar-refractivity contribution in [1.29, 1.82) is 10.5 Å². The standard InChI is InChI=1S/C14H13N5O3/c15-8-11(9-16)10-17-12-1-2-13(14(7-12)19(20)21)18-3-5-22-6-4-18/h1-2,7,10,17H,3-6H2. The molecule has 1 N–H and O–H groups in total. The van der Waals surface area contributed by atoms with Crippen LogP contribution in [0, 0.1) is 32.8 Å². The van der Waals surface area contributed by atoms with Crippen molar-refractivity contribution >= 4 is 17.1 Å². The maximum absolute atomic E-state index is 11.3. The van der Waals surface area contributed by atoms with Crippen LogP contribution in [-0.2, 0) is 4.74 Å². The molecule has 1 aliphatic heterocycles. The number of hydrogen-bond acceptors (Lipinski definition) is 7. The van der Waals surface area contributed by atoms with E-state index in [-0.39, 0.29) is 11.3 Å². The summed E-state index contributed by atoms with van der Waals surface area (Å²) in [7, 11) is 0. The quantitative estimate of drug-likeness (QED) is 0.511. The predicted octanol–water partition coefficient (Wildman–Crippen LogP) is 1.77. The molecule has 0 bridgehead atoms. The summed E-state index contributed by atoms with van der Waals surface area (Å²) in [5.74, 6) is 0. The van der Waals surface area contributed by atoms with Crippen molar-refractivity contribution in [2.75, 3.05) is 36.5 Å². The Hall–Kier alpha value is -3.10. The minimum Gasteiger partial charge on any atom is -0.378 e. The monoisotopic (exact) mass is 299 g/mol. The van der Waals surface area contributed by atoms with Gasteiger partial charge >= 0.3 is 0 Å². The van der Waals surface area contributed by atoms with Gasteiger partial charge < -0.3 is 15.0 Å². The van der Waals surface area contributed by atoms with E-state index in [1.165, 1.54) is 12.3 Å². The van der Waals surface area contributed by atoms with Crippen LogP contribution in [0.4, 0.5) is 17.1 Å². The number of nitro groups is 1. The number of benzene rings is 1. The van der Waals surface area contributed by atoms with Crippen LogP contribution >= 0.6 is 0 Å². The zero-order valence-corrected chi connectivity index (χ0v) is 11.7. The molecule has 1 aliphatic rings. The zero-order valence-electron chi connectivity index (χ0n) is 11.7. The summed E-state index contributed by atoms with van der Waals surface area (Å²) < 4.78 is 5.24. The number of nitrogens with zero attached hydrogens (tertiary/aromatic N) is 4. The maximum Gasteiger partial charge on any atom is 0.294 e. The molecule has 2 rings (SSSR count). The second-order valence-corrected chi connectivity index (χ2v) is 4.49. The Labute approximate surface area is 127 Å². The molecule has 0 unspecified atom stereocenters. The Morgan fingerprint density at radius 2 is 2.05 bits per heavy atom. The van der Waals surface area contributed by atoms with Crippen molar-refractivity contribution in [1.82, 2.24) is 0 Å². The summed E-state index contributed by atoms with van der Waals surface area (Å²) >= 11 is 0. The molecule has 0 atom stereocenters. The lowest BCUT2D eigenvalue weighted by molar-refractivity contribution is -0.384. The normalized spacial score (nSPS) is 13.6. The number of allylic oxidation sites excluding steroid dienone is 1. The smallest absolute Gasteiger partial charge is 0.294 e. The summed E-state index contributed by atoms with van der Waals surface area (Å²) in [6, 6.07) is 8.11. The molecular weight excluding hydrogens is 286 g/mol. The van der Waals surface area contributed by atoms with Crippen molar-refractivity contribution < 1.29 is 9.66 Å². The van der Waals surface area contributed by atoms with Crippen LogP contribution in [0.2, 0.25) is 0 Å². The number of morpholine rings is 1. The summed E-state index contributed by atoms with van der Waals surface area (Å²) in [5, 5.41) is 31.3. The molecule has 1 fully saturated rings. The highest BCUT2D eigenvalue weighted by Crippen LogP contribution is 2.31. The third-order valence-electron chi connectivity index (χ3n) is 3.15. The summed E-state index contributed by atoms with van der Waals surface area (Å²) in [6.07, 6.45) is 1.22. The first-order valence-electron chi connectivity index (χ1n) is 6.53. The molecule has 0 spiro atoms. The van der Waals surface area contributed by atoms with Gasteiger partial charge in [-0.1, -0.05) is 0 Å². The fourth-order valence-corrected chi connectivity index (χ4v) is 2.08. The first-order chi connectivity index (χ1) is 10.7. The average Bonchev–Trinajstić information content (AvgIpc) is 2.56. The van der Waals surface area contributed by atoms with Crippen LogP contribution in [0.5, 0.6) is 0 Å². The number of nitriles is 2. The molecular formula is C14H13N5O3. The molecule has 0 amide bonds. The van der Waals surface area contributed by atoms with E-state index in [0.717, 1.165) is 0 Å². The molecule has 1 saturated heterocycles. The lowest BCUT2D eigenvalue weighted by Gasteiger charge is -2.28. The van der Waals surface area contributed by atoms with E-state index in [1.54, 1.807) is 24.3 Å². The molecule has 1 aromatic carbocycles. The van der Waals surface area contributed by atoms with Crippen molar-refractivity contribution in [2.24, 2.45) is 0 Å². The topological polar surface area (TPSA) is 115 Å². The van der Waals surface area contributed by atoms with Gasteiger partial charge in [0.2, 0.25) is 0 Å². The molecule has 0 saturated carbocycles. The third kappa shape index (κ3) is 3.51. The predicted molar refractivity (Wildman–Crippen MR) is 79.1 cm³/mol. The SMILES string of the molecule is N#CC(C#N)=CNc1ccc(N2CCOCC2)c([N+](=O)[O-])c1. The molecule has 1 heterocycles. The summed E-state index contributed by atoms with van der Waals surface area (Å²) in [4.78, 5) is 12.7. The van der Waals surface area contributed by atoms with E-state index in [0.29, 0.717) is 37.7 Å². The molecule has 0 aliphatic carbocycles. The highest BCUT2D eigenvalue weighted by atomic mass is 16.6. The van der Waals surface area contributed by atoms with E-state index in [1.807, 2.05) is 4.90 Å². The van der Waals surface area contributed by atoms with Crippen LogP contribution < -0.4 is 10.2 Å². The number of anilines is 2. The van der Waals surface area contributed by atoms with Gasteiger partial charge in [-0.25, -0.2) is 0 Å². The minimum atomic E-state index is -0.449. The molecule has 1 aromatic rings. The van der Waals surface area contributed by atoms with Crippen LogP contribution in [-0.4, -0.2) is 31.2 Å². The van der Waals surface area contributed by atoms with Crippen LogP contribution in [0.15, 0.2) is 30.0 Å². The zero-order chi connectivity index (χ0) is 15.9. The van der Waals surface area contributed by atoms with E-state index >= 15 is 0 Å². The largest absolute Gasteiger partial charge is 0.378 e. The number of nitro benzene ring substituents is 1. The summed E-state index contributed by atoms with van der Waals surface area (Å²) in [6.45, 7) is 2.27. The number of rotatable bonds is 4. The second-order valence-electron chi connectivity index (χ2n) is 4.49. The van der Waals surface area contributed by atoms with Gasteiger partial charge in [-0.05, 0) is 12.1 Å². The lowest BCUT2D eigenvalue weighted by Crippen LogP contribution is -2.36. The van der Waals surface area contributed by atoms with Gasteiger partial charge in [0.25, 0.3) is 5.69 Å². The molecule has 22 heavy (non-hydrogen) atoms. The highest BCUT2D eigenvalue weighted by molar-refractivity contribution is 5.70. The lowest BCUT2D eigenvalue weighted by atomic mass is 10.2. The summed E-state index contributed by atoms with van der Waals surface area (Å²) in [5.41, 5.74) is 0.825. The van der Waals surface area contributed by atoms with Gasteiger partial charge in [-0.3, -0.25) is 10.1 Å². The number of nitrogens with one attached hydrogen (secondary N) is 1. The van der Waals surface area contributed by atoms with Gasteiger partial charge in [-0.15, -0.1) is 0 Å². The number of hydrogen-bond donors (Lipinski definition) is 1. The Morgan fingerprint density at radius 1 is 1.36 bits per heavy atom. The fourth-order valence-electron chi connectivity index (χ4n) is 2.08. The van der Waals surface area contributed by atoms with Gasteiger partial charge in [-0.2, -0.15) is 10.5 Å². The van der Waals surface area contributed by atoms with Gasteiger partial charge in [0, 0.05) is 31.0 Å². The van der Waals surface area contributed by atoms with Crippen LogP contribution in [0.1, 0.15) is 0 Å². The van der Waals surface area contributed by atoms with Gasteiger partial charge in [0.05, 0.1) is 18.1 Å². The third-order valence-corrected chi connectivity index (χ3v) is 3.15. The molecule has 0 radical (unpaired) electrons. The van der Waals surface area contributed by atoms with Gasteiger partial charge in [0.15, 0.2) is 0 Å². The van der Waals surface area contributed by atoms with Gasteiger partial charge in [0.1, 0.15) is 23.4 Å². The second kappa shape index (κ2) is 7.07. The van der Waals surface area contributed by atoms with Crippen molar-refractivity contribution in [3.05, 3.63) is 40.1 Å². The first-order valence-corrected chi connectivity index (χ1v) is 6.53. The van der Waals surface area contributed by atoms with Crippen LogP contribution in [0.25, 0.3) is 0 Å². The minimum absolute atomic E-state index is 0.0317. The molecule has 8 nitrogen and oxygen atoms in total. The molecule has 112 valence electrons. The Morgan fingerprint density at radius 3 is 2.64 bits per heavy atom. The fraction of sp³-hybridized carbons (Fsp3) is 0.286. The molecule has 8 heteroatoms. The van der Waals surface area contributed by atoms with Crippen LogP contribution in [0.3, 0.4) is 0 Å². The average molecular weight is 299 g/mol. The van der Waals surface area contributed by atoms with E-state index in [4.69, 9.17) is 15.3 Å². The highest BCUT2D eigenvalue weighted by Gasteiger charge is 2.21. The van der Waals surface area contributed by atoms with E-state index in [2.05, 4.69) is 5.32 Å². The van der Waals surface area contributed by atoms with E-state index < -0.39 is 4.92 Å². The maximum atomic E-state index is 11.3. The Bertz CT molecular complexity index is 665. The Kier molecular flexibility index (Phi) is 4.91. The van der Waals surface area contributed by atoms with Crippen molar-refractivity contribution in [3.8, 4) is 12.1 Å². The van der Waals surface area contributed by atoms with E-state index in [9.17, 15) is 10.1 Å². The molecule has 0 aromatic heterocycles.